The zero-order valence-corrected chi connectivity index (χ0v) is 13.0. The van der Waals surface area contributed by atoms with E-state index in [9.17, 15) is 0 Å². The summed E-state index contributed by atoms with van der Waals surface area (Å²) in [7, 11) is 0. The van der Waals surface area contributed by atoms with Gasteiger partial charge in [-0.25, -0.2) is 9.97 Å². The maximum atomic E-state index is 6.03. The van der Waals surface area contributed by atoms with E-state index in [-0.39, 0.29) is 0 Å². The lowest BCUT2D eigenvalue weighted by Gasteiger charge is -2.08. The molecule has 0 saturated heterocycles. The van der Waals surface area contributed by atoms with E-state index in [0.29, 0.717) is 21.9 Å². The van der Waals surface area contributed by atoms with Crippen LogP contribution in [0.25, 0.3) is 11.4 Å². The quantitative estimate of drug-likeness (QED) is 0.687. The smallest absolute Gasteiger partial charge is 0.161 e. The average Bonchev–Trinajstić information content (AvgIpc) is 2.31. The third kappa shape index (κ3) is 3.02. The van der Waals surface area contributed by atoms with E-state index in [2.05, 4.69) is 39.7 Å². The standard InChI is InChI=1S/C13H11BrCl2N2/c1-7(2)11-6-12(16)18-13(17-11)8-3-4-10(15)9(14)5-8/h3-7H,1-2H3. The first-order chi connectivity index (χ1) is 8.47. The highest BCUT2D eigenvalue weighted by atomic mass is 79.9. The summed E-state index contributed by atoms with van der Waals surface area (Å²) in [6.45, 7) is 4.14. The molecule has 2 aromatic rings. The van der Waals surface area contributed by atoms with E-state index in [1.165, 1.54) is 0 Å². The fourth-order valence-electron chi connectivity index (χ4n) is 1.50. The predicted molar refractivity (Wildman–Crippen MR) is 79.3 cm³/mol. The maximum Gasteiger partial charge on any atom is 0.161 e. The molecular weight excluding hydrogens is 335 g/mol. The Bertz CT molecular complexity index is 585. The van der Waals surface area contributed by atoms with Crippen LogP contribution in [0.1, 0.15) is 25.5 Å². The van der Waals surface area contributed by atoms with Gasteiger partial charge >= 0.3 is 0 Å². The minimum Gasteiger partial charge on any atom is -0.233 e. The molecule has 2 nitrogen and oxygen atoms in total. The summed E-state index contributed by atoms with van der Waals surface area (Å²) in [5.41, 5.74) is 1.81. The van der Waals surface area contributed by atoms with Gasteiger partial charge in [0.15, 0.2) is 5.82 Å². The van der Waals surface area contributed by atoms with E-state index < -0.39 is 0 Å². The molecule has 1 heterocycles. The summed E-state index contributed by atoms with van der Waals surface area (Å²) in [5, 5.41) is 1.11. The predicted octanol–water partition coefficient (Wildman–Crippen LogP) is 5.34. The Kier molecular flexibility index (Phi) is 4.25. The zero-order valence-electron chi connectivity index (χ0n) is 9.92. The van der Waals surface area contributed by atoms with Crippen molar-refractivity contribution in [2.75, 3.05) is 0 Å². The van der Waals surface area contributed by atoms with E-state index in [4.69, 9.17) is 23.2 Å². The van der Waals surface area contributed by atoms with Crippen molar-refractivity contribution in [3.8, 4) is 11.4 Å². The summed E-state index contributed by atoms with van der Waals surface area (Å²) in [4.78, 5) is 8.76. The summed E-state index contributed by atoms with van der Waals surface area (Å²) < 4.78 is 0.816. The summed E-state index contributed by atoms with van der Waals surface area (Å²) in [5.74, 6) is 0.920. The Morgan fingerprint density at radius 3 is 2.44 bits per heavy atom. The Morgan fingerprint density at radius 1 is 1.11 bits per heavy atom. The van der Waals surface area contributed by atoms with Crippen molar-refractivity contribution in [1.29, 1.82) is 0 Å². The van der Waals surface area contributed by atoms with Gasteiger partial charge < -0.3 is 0 Å². The molecule has 18 heavy (non-hydrogen) atoms. The van der Waals surface area contributed by atoms with Crippen LogP contribution in [0.4, 0.5) is 0 Å². The van der Waals surface area contributed by atoms with Crippen molar-refractivity contribution in [3.05, 3.63) is 44.6 Å². The highest BCUT2D eigenvalue weighted by Crippen LogP contribution is 2.28. The minimum absolute atomic E-state index is 0.306. The minimum atomic E-state index is 0.306. The van der Waals surface area contributed by atoms with Gasteiger partial charge in [-0.15, -0.1) is 0 Å². The molecule has 5 heteroatoms. The van der Waals surface area contributed by atoms with Crippen LogP contribution in [0.5, 0.6) is 0 Å². The van der Waals surface area contributed by atoms with Gasteiger partial charge in [0.1, 0.15) is 5.15 Å². The maximum absolute atomic E-state index is 6.03. The van der Waals surface area contributed by atoms with Crippen molar-refractivity contribution in [1.82, 2.24) is 9.97 Å². The van der Waals surface area contributed by atoms with E-state index in [1.54, 1.807) is 12.1 Å². The van der Waals surface area contributed by atoms with Gasteiger partial charge in [-0.2, -0.15) is 0 Å². The molecule has 0 fully saturated rings. The summed E-state index contributed by atoms with van der Waals surface area (Å²) in [6.07, 6.45) is 0. The van der Waals surface area contributed by atoms with Crippen LogP contribution in [0, 0.1) is 0 Å². The van der Waals surface area contributed by atoms with Crippen LogP contribution < -0.4 is 0 Å². The normalized spacial score (nSPS) is 11.0. The van der Waals surface area contributed by atoms with Crippen LogP contribution in [0.15, 0.2) is 28.7 Å². The molecule has 2 rings (SSSR count). The van der Waals surface area contributed by atoms with Gasteiger partial charge in [0, 0.05) is 15.7 Å². The lowest BCUT2D eigenvalue weighted by Crippen LogP contribution is -1.98. The molecule has 0 aliphatic heterocycles. The first kappa shape index (κ1) is 13.8. The number of halogens is 3. The Balaban J connectivity index is 2.53. The summed E-state index contributed by atoms with van der Waals surface area (Å²) in [6, 6.07) is 7.36. The molecule has 0 unspecified atom stereocenters. The van der Waals surface area contributed by atoms with Crippen LogP contribution in [0.3, 0.4) is 0 Å². The lowest BCUT2D eigenvalue weighted by molar-refractivity contribution is 0.817. The van der Waals surface area contributed by atoms with Crippen molar-refractivity contribution in [2.24, 2.45) is 0 Å². The average molecular weight is 346 g/mol. The van der Waals surface area contributed by atoms with Crippen LogP contribution in [0.2, 0.25) is 10.2 Å². The number of benzene rings is 1. The molecule has 0 radical (unpaired) electrons. The number of aromatic nitrogens is 2. The van der Waals surface area contributed by atoms with E-state index >= 15 is 0 Å². The lowest BCUT2D eigenvalue weighted by atomic mass is 10.1. The van der Waals surface area contributed by atoms with E-state index in [1.807, 2.05) is 12.1 Å². The number of nitrogens with zero attached hydrogens (tertiary/aromatic N) is 2. The van der Waals surface area contributed by atoms with Crippen LogP contribution >= 0.6 is 39.1 Å². The fourth-order valence-corrected chi connectivity index (χ4v) is 2.18. The van der Waals surface area contributed by atoms with Crippen LogP contribution in [-0.2, 0) is 0 Å². The van der Waals surface area contributed by atoms with Crippen molar-refractivity contribution >= 4 is 39.1 Å². The highest BCUT2D eigenvalue weighted by molar-refractivity contribution is 9.10. The highest BCUT2D eigenvalue weighted by Gasteiger charge is 2.09. The largest absolute Gasteiger partial charge is 0.233 e. The van der Waals surface area contributed by atoms with Crippen molar-refractivity contribution in [2.45, 2.75) is 19.8 Å². The number of hydrogen-bond acceptors (Lipinski definition) is 2. The molecule has 0 aliphatic carbocycles. The third-order valence-corrected chi connectivity index (χ3v) is 3.89. The molecule has 0 aliphatic rings. The summed E-state index contributed by atoms with van der Waals surface area (Å²) >= 11 is 15.4. The second-order valence-electron chi connectivity index (χ2n) is 4.22. The first-order valence-corrected chi connectivity index (χ1v) is 7.02. The molecule has 0 saturated carbocycles. The van der Waals surface area contributed by atoms with Crippen molar-refractivity contribution < 1.29 is 0 Å². The Labute approximate surface area is 124 Å². The molecule has 0 amide bonds. The molecule has 0 spiro atoms. The topological polar surface area (TPSA) is 25.8 Å². The van der Waals surface area contributed by atoms with Gasteiger partial charge in [0.05, 0.1) is 5.02 Å². The zero-order chi connectivity index (χ0) is 13.3. The first-order valence-electron chi connectivity index (χ1n) is 5.47. The number of hydrogen-bond donors (Lipinski definition) is 0. The molecule has 94 valence electrons. The molecule has 0 atom stereocenters. The van der Waals surface area contributed by atoms with E-state index in [0.717, 1.165) is 15.7 Å². The Morgan fingerprint density at radius 2 is 1.83 bits per heavy atom. The Hall–Kier alpha value is -0.640. The van der Waals surface area contributed by atoms with Gasteiger partial charge in [-0.3, -0.25) is 0 Å². The van der Waals surface area contributed by atoms with Gasteiger partial charge in [-0.1, -0.05) is 37.0 Å². The van der Waals surface area contributed by atoms with Crippen molar-refractivity contribution in [3.63, 3.8) is 0 Å². The molecule has 0 N–H and O–H groups in total. The van der Waals surface area contributed by atoms with Gasteiger partial charge in [-0.05, 0) is 46.1 Å². The molecule has 1 aromatic heterocycles. The third-order valence-electron chi connectivity index (χ3n) is 2.48. The van der Waals surface area contributed by atoms with Gasteiger partial charge in [0.25, 0.3) is 0 Å². The molecular formula is C13H11BrCl2N2. The number of rotatable bonds is 2. The molecule has 1 aromatic carbocycles. The SMILES string of the molecule is CC(C)c1cc(Cl)nc(-c2ccc(Cl)c(Br)c2)n1. The molecule has 0 bridgehead atoms. The second-order valence-corrected chi connectivity index (χ2v) is 5.87. The monoisotopic (exact) mass is 344 g/mol. The van der Waals surface area contributed by atoms with Crippen LogP contribution in [-0.4, -0.2) is 9.97 Å². The second kappa shape index (κ2) is 5.55. The fraction of sp³-hybridized carbons (Fsp3) is 0.231. The van der Waals surface area contributed by atoms with Gasteiger partial charge in [0.2, 0.25) is 0 Å².